The van der Waals surface area contributed by atoms with Gasteiger partial charge >= 0.3 is 0 Å². The van der Waals surface area contributed by atoms with Crippen molar-refractivity contribution in [3.05, 3.63) is 35.9 Å². The summed E-state index contributed by atoms with van der Waals surface area (Å²) in [5.74, 6) is 0.266. The van der Waals surface area contributed by atoms with Crippen LogP contribution in [0.3, 0.4) is 0 Å². The number of hydrogen-bond acceptors (Lipinski definition) is 1. The summed E-state index contributed by atoms with van der Waals surface area (Å²) >= 11 is 5.59. The molecule has 0 heterocycles. The molecule has 0 fully saturated rings. The number of benzene rings is 1. The third kappa shape index (κ3) is 2.84. The largest absolute Gasteiger partial charge is 0.389 e. The molecule has 0 aliphatic rings. The standard InChI is InChI=1S/C10H13ClO/c1-10(12,8-11)7-9-5-3-2-4-6-9/h2-6,12H,7-8H2,1H3. The smallest absolute Gasteiger partial charge is 0.0794 e. The van der Waals surface area contributed by atoms with Crippen molar-refractivity contribution in [2.45, 2.75) is 18.9 Å². The second-order valence-corrected chi connectivity index (χ2v) is 3.56. The zero-order valence-corrected chi connectivity index (χ0v) is 7.88. The molecule has 1 nitrogen and oxygen atoms in total. The highest BCUT2D eigenvalue weighted by Crippen LogP contribution is 2.13. The lowest BCUT2D eigenvalue weighted by Crippen LogP contribution is -2.29. The Morgan fingerprint density at radius 1 is 1.33 bits per heavy atom. The van der Waals surface area contributed by atoms with Gasteiger partial charge in [-0.1, -0.05) is 30.3 Å². The molecule has 1 aromatic carbocycles. The van der Waals surface area contributed by atoms with Crippen molar-refractivity contribution in [1.29, 1.82) is 0 Å². The minimum atomic E-state index is -0.789. The molecule has 0 saturated heterocycles. The lowest BCUT2D eigenvalue weighted by molar-refractivity contribution is 0.0846. The van der Waals surface area contributed by atoms with Crippen molar-refractivity contribution in [1.82, 2.24) is 0 Å². The minimum absolute atomic E-state index is 0.266. The Labute approximate surface area is 78.0 Å². The highest BCUT2D eigenvalue weighted by Gasteiger charge is 2.18. The van der Waals surface area contributed by atoms with E-state index in [-0.39, 0.29) is 5.88 Å². The van der Waals surface area contributed by atoms with Crippen molar-refractivity contribution in [3.63, 3.8) is 0 Å². The van der Waals surface area contributed by atoms with Gasteiger partial charge in [0.15, 0.2) is 0 Å². The van der Waals surface area contributed by atoms with Crippen LogP contribution in [0, 0.1) is 0 Å². The Morgan fingerprint density at radius 2 is 1.92 bits per heavy atom. The van der Waals surface area contributed by atoms with Gasteiger partial charge in [-0.25, -0.2) is 0 Å². The van der Waals surface area contributed by atoms with Gasteiger partial charge in [-0.2, -0.15) is 0 Å². The maximum Gasteiger partial charge on any atom is 0.0794 e. The highest BCUT2D eigenvalue weighted by molar-refractivity contribution is 6.18. The van der Waals surface area contributed by atoms with E-state index in [1.807, 2.05) is 30.3 Å². The van der Waals surface area contributed by atoms with Crippen molar-refractivity contribution in [3.8, 4) is 0 Å². The predicted octanol–water partition coefficient (Wildman–Crippen LogP) is 2.22. The van der Waals surface area contributed by atoms with Gasteiger partial charge in [-0.15, -0.1) is 11.6 Å². The molecule has 0 spiro atoms. The molecule has 0 aliphatic heterocycles. The summed E-state index contributed by atoms with van der Waals surface area (Å²) in [5.41, 5.74) is 0.325. The van der Waals surface area contributed by atoms with E-state index >= 15 is 0 Å². The van der Waals surface area contributed by atoms with Crippen molar-refractivity contribution in [2.24, 2.45) is 0 Å². The van der Waals surface area contributed by atoms with E-state index in [9.17, 15) is 5.11 Å². The van der Waals surface area contributed by atoms with Crippen LogP contribution in [0.4, 0.5) is 0 Å². The van der Waals surface area contributed by atoms with Crippen LogP contribution in [-0.4, -0.2) is 16.6 Å². The fourth-order valence-electron chi connectivity index (χ4n) is 1.08. The lowest BCUT2D eigenvalue weighted by Gasteiger charge is -2.19. The summed E-state index contributed by atoms with van der Waals surface area (Å²) in [6.07, 6.45) is 0.608. The topological polar surface area (TPSA) is 20.2 Å². The molecule has 66 valence electrons. The number of hydrogen-bond donors (Lipinski definition) is 1. The SMILES string of the molecule is CC(O)(CCl)Cc1ccccc1. The van der Waals surface area contributed by atoms with Gasteiger partial charge < -0.3 is 5.11 Å². The molecule has 12 heavy (non-hydrogen) atoms. The van der Waals surface area contributed by atoms with Crippen LogP contribution in [0.15, 0.2) is 30.3 Å². The monoisotopic (exact) mass is 184 g/mol. The summed E-state index contributed by atoms with van der Waals surface area (Å²) in [5, 5.41) is 9.64. The van der Waals surface area contributed by atoms with Crippen LogP contribution >= 0.6 is 11.6 Å². The first-order valence-corrected chi connectivity index (χ1v) is 4.50. The molecule has 1 rings (SSSR count). The Balaban J connectivity index is 2.64. The zero-order valence-electron chi connectivity index (χ0n) is 7.13. The molecule has 0 aromatic heterocycles. The molecule has 1 atom stereocenters. The van der Waals surface area contributed by atoms with E-state index < -0.39 is 5.60 Å². The summed E-state index contributed by atoms with van der Waals surface area (Å²) in [7, 11) is 0. The first-order valence-electron chi connectivity index (χ1n) is 3.96. The van der Waals surface area contributed by atoms with Crippen LogP contribution in [0.5, 0.6) is 0 Å². The molecule has 0 radical (unpaired) electrons. The second-order valence-electron chi connectivity index (χ2n) is 3.29. The van der Waals surface area contributed by atoms with Crippen molar-refractivity contribution < 1.29 is 5.11 Å². The van der Waals surface area contributed by atoms with Gasteiger partial charge in [-0.05, 0) is 12.5 Å². The maximum atomic E-state index is 9.64. The number of alkyl halides is 1. The van der Waals surface area contributed by atoms with E-state index in [1.54, 1.807) is 6.92 Å². The van der Waals surface area contributed by atoms with Gasteiger partial charge in [0.2, 0.25) is 0 Å². The van der Waals surface area contributed by atoms with Crippen LogP contribution in [0.2, 0.25) is 0 Å². The summed E-state index contributed by atoms with van der Waals surface area (Å²) in [6, 6.07) is 9.85. The minimum Gasteiger partial charge on any atom is -0.389 e. The summed E-state index contributed by atoms with van der Waals surface area (Å²) < 4.78 is 0. The second kappa shape index (κ2) is 3.92. The lowest BCUT2D eigenvalue weighted by atomic mass is 9.99. The van der Waals surface area contributed by atoms with Crippen LogP contribution in [0.1, 0.15) is 12.5 Å². The normalized spacial score (nSPS) is 15.6. The number of halogens is 1. The van der Waals surface area contributed by atoms with E-state index in [1.165, 1.54) is 0 Å². The van der Waals surface area contributed by atoms with Gasteiger partial charge in [0.25, 0.3) is 0 Å². The Hall–Kier alpha value is -0.530. The molecule has 1 aromatic rings. The third-order valence-electron chi connectivity index (χ3n) is 1.72. The maximum absolute atomic E-state index is 9.64. The Morgan fingerprint density at radius 3 is 2.42 bits per heavy atom. The zero-order chi connectivity index (χ0) is 9.03. The van der Waals surface area contributed by atoms with Gasteiger partial charge in [0.05, 0.1) is 11.5 Å². The number of aliphatic hydroxyl groups is 1. The average Bonchev–Trinajstić information content (AvgIpc) is 2.06. The molecule has 0 bridgehead atoms. The highest BCUT2D eigenvalue weighted by atomic mass is 35.5. The van der Waals surface area contributed by atoms with Crippen LogP contribution in [-0.2, 0) is 6.42 Å². The number of rotatable bonds is 3. The first kappa shape index (κ1) is 9.56. The average molecular weight is 185 g/mol. The molecule has 1 unspecified atom stereocenters. The molecule has 0 amide bonds. The van der Waals surface area contributed by atoms with Gasteiger partial charge in [0.1, 0.15) is 0 Å². The van der Waals surface area contributed by atoms with Gasteiger partial charge in [0, 0.05) is 6.42 Å². The van der Waals surface area contributed by atoms with E-state index in [0.29, 0.717) is 6.42 Å². The third-order valence-corrected chi connectivity index (χ3v) is 2.29. The quantitative estimate of drug-likeness (QED) is 0.715. The van der Waals surface area contributed by atoms with E-state index in [2.05, 4.69) is 0 Å². The van der Waals surface area contributed by atoms with Crippen LogP contribution in [0.25, 0.3) is 0 Å². The van der Waals surface area contributed by atoms with E-state index in [4.69, 9.17) is 11.6 Å². The Bertz CT molecular complexity index is 231. The summed E-state index contributed by atoms with van der Waals surface area (Å²) in [6.45, 7) is 1.74. The molecular formula is C10H13ClO. The molecule has 2 heteroatoms. The van der Waals surface area contributed by atoms with E-state index in [0.717, 1.165) is 5.56 Å². The molecular weight excluding hydrogens is 172 g/mol. The van der Waals surface area contributed by atoms with Gasteiger partial charge in [-0.3, -0.25) is 0 Å². The molecule has 1 N–H and O–H groups in total. The Kier molecular flexibility index (Phi) is 3.12. The predicted molar refractivity (Wildman–Crippen MR) is 51.5 cm³/mol. The first-order chi connectivity index (χ1) is 5.64. The molecule has 0 saturated carbocycles. The fraction of sp³-hybridized carbons (Fsp3) is 0.400. The molecule has 0 aliphatic carbocycles. The van der Waals surface area contributed by atoms with Crippen molar-refractivity contribution >= 4 is 11.6 Å². The van der Waals surface area contributed by atoms with Crippen molar-refractivity contribution in [2.75, 3.05) is 5.88 Å². The summed E-state index contributed by atoms with van der Waals surface area (Å²) in [4.78, 5) is 0. The van der Waals surface area contributed by atoms with Crippen LogP contribution < -0.4 is 0 Å². The fourth-order valence-corrected chi connectivity index (χ4v) is 1.18.